The first-order valence-corrected chi connectivity index (χ1v) is 7.51. The molecule has 0 amide bonds. The van der Waals surface area contributed by atoms with Gasteiger partial charge in [-0.2, -0.15) is 4.31 Å². The van der Waals surface area contributed by atoms with Crippen LogP contribution in [0.2, 0.25) is 0 Å². The zero-order valence-electron chi connectivity index (χ0n) is 9.95. The number of hydrogen-bond donors (Lipinski definition) is 1. The van der Waals surface area contributed by atoms with Crippen LogP contribution in [0.15, 0.2) is 29.2 Å². The Morgan fingerprint density at radius 2 is 1.78 bits per heavy atom. The Balaban J connectivity index is 1.94. The Morgan fingerprint density at radius 3 is 2.39 bits per heavy atom. The molecule has 2 fully saturated rings. The Labute approximate surface area is 107 Å². The van der Waals surface area contributed by atoms with E-state index in [0.29, 0.717) is 18.8 Å². The number of nitrogens with zero attached hydrogens (tertiary/aromatic N) is 1. The van der Waals surface area contributed by atoms with Crippen molar-refractivity contribution in [3.63, 3.8) is 0 Å². The van der Waals surface area contributed by atoms with Crippen LogP contribution in [0, 0.1) is 0 Å². The average molecular weight is 268 g/mol. The minimum Gasteiger partial charge on any atom is -0.398 e. The number of nitrogen functional groups attached to an aromatic ring is 1. The summed E-state index contributed by atoms with van der Waals surface area (Å²) in [6.45, 7) is 0.875. The first-order chi connectivity index (χ1) is 8.57. The molecule has 0 saturated carbocycles. The molecule has 0 aliphatic carbocycles. The van der Waals surface area contributed by atoms with E-state index < -0.39 is 10.0 Å². The predicted octanol–water partition coefficient (Wildman–Crippen LogP) is 0.821. The highest BCUT2D eigenvalue weighted by Gasteiger charge is 2.39. The summed E-state index contributed by atoms with van der Waals surface area (Å²) >= 11 is 0. The van der Waals surface area contributed by atoms with Crippen LogP contribution < -0.4 is 5.73 Å². The van der Waals surface area contributed by atoms with Crippen molar-refractivity contribution >= 4 is 15.7 Å². The molecule has 2 aliphatic rings. The van der Waals surface area contributed by atoms with E-state index in [0.717, 1.165) is 12.8 Å². The fourth-order valence-corrected chi connectivity index (χ4v) is 4.25. The smallest absolute Gasteiger partial charge is 0.245 e. The van der Waals surface area contributed by atoms with Crippen LogP contribution in [0.5, 0.6) is 0 Å². The quantitative estimate of drug-likeness (QED) is 0.806. The maximum Gasteiger partial charge on any atom is 0.245 e. The molecule has 2 bridgehead atoms. The molecule has 0 aromatic heterocycles. The molecule has 18 heavy (non-hydrogen) atoms. The predicted molar refractivity (Wildman–Crippen MR) is 67.5 cm³/mol. The molecule has 6 heteroatoms. The van der Waals surface area contributed by atoms with Gasteiger partial charge in [-0.05, 0) is 25.0 Å². The molecular weight excluding hydrogens is 252 g/mol. The zero-order valence-corrected chi connectivity index (χ0v) is 10.8. The lowest BCUT2D eigenvalue weighted by atomic mass is 10.2. The summed E-state index contributed by atoms with van der Waals surface area (Å²) in [5, 5.41) is 0. The van der Waals surface area contributed by atoms with Gasteiger partial charge >= 0.3 is 0 Å². The molecule has 3 rings (SSSR count). The Kier molecular flexibility index (Phi) is 2.80. The van der Waals surface area contributed by atoms with E-state index in [2.05, 4.69) is 0 Å². The Morgan fingerprint density at radius 1 is 1.17 bits per heavy atom. The Hall–Kier alpha value is -1.11. The van der Waals surface area contributed by atoms with E-state index in [1.807, 2.05) is 0 Å². The minimum absolute atomic E-state index is 0.0449. The third-order valence-corrected chi connectivity index (χ3v) is 5.45. The molecule has 2 heterocycles. The fourth-order valence-electron chi connectivity index (χ4n) is 2.63. The largest absolute Gasteiger partial charge is 0.398 e. The van der Waals surface area contributed by atoms with E-state index in [1.54, 1.807) is 24.3 Å². The van der Waals surface area contributed by atoms with Crippen molar-refractivity contribution in [3.05, 3.63) is 24.3 Å². The van der Waals surface area contributed by atoms with Gasteiger partial charge in [0, 0.05) is 13.1 Å². The zero-order chi connectivity index (χ0) is 12.8. The number of anilines is 1. The number of para-hydroxylation sites is 1. The molecule has 1 aromatic rings. The number of hydrogen-bond acceptors (Lipinski definition) is 4. The average Bonchev–Trinajstić information content (AvgIpc) is 2.68. The third-order valence-electron chi connectivity index (χ3n) is 3.55. The van der Waals surface area contributed by atoms with E-state index in [-0.39, 0.29) is 17.1 Å². The second-order valence-electron chi connectivity index (χ2n) is 4.82. The van der Waals surface area contributed by atoms with Crippen molar-refractivity contribution in [2.75, 3.05) is 18.8 Å². The van der Waals surface area contributed by atoms with Gasteiger partial charge in [-0.1, -0.05) is 12.1 Å². The topological polar surface area (TPSA) is 72.6 Å². The number of fused-ring (bicyclic) bond motifs is 2. The fraction of sp³-hybridized carbons (Fsp3) is 0.500. The summed E-state index contributed by atoms with van der Waals surface area (Å²) in [6.07, 6.45) is 1.98. The lowest BCUT2D eigenvalue weighted by Gasteiger charge is -2.31. The third kappa shape index (κ3) is 1.90. The van der Waals surface area contributed by atoms with Crippen LogP contribution in [0.25, 0.3) is 0 Å². The van der Waals surface area contributed by atoms with Crippen LogP contribution >= 0.6 is 0 Å². The lowest BCUT2D eigenvalue weighted by molar-refractivity contribution is -0.0114. The molecular formula is C12H16N2O3S. The van der Waals surface area contributed by atoms with Crippen molar-refractivity contribution in [3.8, 4) is 0 Å². The molecule has 98 valence electrons. The number of sulfonamides is 1. The van der Waals surface area contributed by atoms with Crippen molar-refractivity contribution in [1.82, 2.24) is 4.31 Å². The SMILES string of the molecule is Nc1ccccc1S(=O)(=O)N1CC2CCC(C1)O2. The maximum atomic E-state index is 12.5. The highest BCUT2D eigenvalue weighted by atomic mass is 32.2. The lowest BCUT2D eigenvalue weighted by Crippen LogP contribution is -2.45. The number of morpholine rings is 1. The summed E-state index contributed by atoms with van der Waals surface area (Å²) in [5.74, 6) is 0. The summed E-state index contributed by atoms with van der Waals surface area (Å²) in [6, 6.07) is 6.60. The van der Waals surface area contributed by atoms with Crippen LogP contribution in [-0.2, 0) is 14.8 Å². The van der Waals surface area contributed by atoms with Gasteiger partial charge in [0.25, 0.3) is 0 Å². The van der Waals surface area contributed by atoms with Gasteiger partial charge < -0.3 is 10.5 Å². The molecule has 2 unspecified atom stereocenters. The van der Waals surface area contributed by atoms with Gasteiger partial charge in [-0.3, -0.25) is 0 Å². The molecule has 2 aliphatic heterocycles. The van der Waals surface area contributed by atoms with E-state index in [4.69, 9.17) is 10.5 Å². The molecule has 2 atom stereocenters. The molecule has 2 N–H and O–H groups in total. The van der Waals surface area contributed by atoms with Gasteiger partial charge in [0.1, 0.15) is 4.90 Å². The maximum absolute atomic E-state index is 12.5. The molecule has 2 saturated heterocycles. The molecule has 5 nitrogen and oxygen atoms in total. The van der Waals surface area contributed by atoms with Gasteiger partial charge in [0.15, 0.2) is 0 Å². The monoisotopic (exact) mass is 268 g/mol. The number of rotatable bonds is 2. The normalized spacial score (nSPS) is 28.4. The molecule has 0 spiro atoms. The standard InChI is InChI=1S/C12H16N2O3S/c13-11-3-1-2-4-12(11)18(15,16)14-7-9-5-6-10(8-14)17-9/h1-4,9-10H,5-8,13H2. The molecule has 1 aromatic carbocycles. The van der Waals surface area contributed by atoms with Gasteiger partial charge in [-0.15, -0.1) is 0 Å². The van der Waals surface area contributed by atoms with Gasteiger partial charge in [0.2, 0.25) is 10.0 Å². The van der Waals surface area contributed by atoms with Crippen LogP contribution in [0.1, 0.15) is 12.8 Å². The number of benzene rings is 1. The second kappa shape index (κ2) is 4.22. The first kappa shape index (κ1) is 12.0. The minimum atomic E-state index is -3.49. The van der Waals surface area contributed by atoms with E-state index in [1.165, 1.54) is 4.31 Å². The first-order valence-electron chi connectivity index (χ1n) is 6.07. The van der Waals surface area contributed by atoms with Gasteiger partial charge in [-0.25, -0.2) is 8.42 Å². The van der Waals surface area contributed by atoms with Crippen molar-refractivity contribution < 1.29 is 13.2 Å². The molecule has 0 radical (unpaired) electrons. The highest BCUT2D eigenvalue weighted by Crippen LogP contribution is 2.31. The van der Waals surface area contributed by atoms with Crippen molar-refractivity contribution in [1.29, 1.82) is 0 Å². The van der Waals surface area contributed by atoms with E-state index >= 15 is 0 Å². The second-order valence-corrected chi connectivity index (χ2v) is 6.72. The number of ether oxygens (including phenoxy) is 1. The number of nitrogens with two attached hydrogens (primary N) is 1. The summed E-state index contributed by atoms with van der Waals surface area (Å²) in [5.41, 5.74) is 6.06. The van der Waals surface area contributed by atoms with Crippen molar-refractivity contribution in [2.24, 2.45) is 0 Å². The summed E-state index contributed by atoms with van der Waals surface area (Å²) < 4.78 is 32.2. The van der Waals surface area contributed by atoms with E-state index in [9.17, 15) is 8.42 Å². The van der Waals surface area contributed by atoms with Crippen LogP contribution in [0.3, 0.4) is 0 Å². The van der Waals surface area contributed by atoms with Crippen molar-refractivity contribution in [2.45, 2.75) is 29.9 Å². The van der Waals surface area contributed by atoms with Crippen LogP contribution in [0.4, 0.5) is 5.69 Å². The van der Waals surface area contributed by atoms with Gasteiger partial charge in [0.05, 0.1) is 17.9 Å². The summed E-state index contributed by atoms with van der Waals surface area (Å²) in [7, 11) is -3.49. The Bertz CT molecular complexity index is 546. The highest BCUT2D eigenvalue weighted by molar-refractivity contribution is 7.89. The van der Waals surface area contributed by atoms with Crippen LogP contribution in [-0.4, -0.2) is 38.0 Å². The summed E-state index contributed by atoms with van der Waals surface area (Å²) in [4.78, 5) is 0.200.